The molecule has 7 heteroatoms. The Morgan fingerprint density at radius 1 is 1.32 bits per heavy atom. The molecule has 2 aromatic rings. The number of aromatic nitrogens is 3. The number of unbranched alkanes of at least 4 members (excludes halogenated alkanes) is 1. The Bertz CT molecular complexity index is 790. The highest BCUT2D eigenvalue weighted by Gasteiger charge is 2.30. The summed E-state index contributed by atoms with van der Waals surface area (Å²) < 4.78 is 16.2. The number of hydrogen-bond acceptors (Lipinski definition) is 3. The molecule has 0 spiro atoms. The number of carbonyl (C=O) groups is 1. The van der Waals surface area contributed by atoms with E-state index in [0.717, 1.165) is 31.2 Å². The molecular weight excluding hydrogens is 323 g/mol. The number of carbonyl (C=O) groups excluding carboxylic acids is 1. The molecule has 0 unspecified atom stereocenters. The first-order chi connectivity index (χ1) is 12.1. The van der Waals surface area contributed by atoms with Crippen molar-refractivity contribution in [3.63, 3.8) is 0 Å². The molecule has 1 aliphatic rings. The van der Waals surface area contributed by atoms with Crippen molar-refractivity contribution in [2.75, 3.05) is 6.54 Å². The Hall–Kier alpha value is -2.44. The second-order valence-electron chi connectivity index (χ2n) is 6.39. The van der Waals surface area contributed by atoms with Crippen molar-refractivity contribution in [2.24, 2.45) is 0 Å². The molecule has 134 valence electrons. The van der Waals surface area contributed by atoms with Crippen LogP contribution in [-0.2, 0) is 11.3 Å². The lowest BCUT2D eigenvalue weighted by Crippen LogP contribution is -2.32. The minimum atomic E-state index is -0.321. The van der Waals surface area contributed by atoms with Crippen molar-refractivity contribution in [1.29, 1.82) is 0 Å². The lowest BCUT2D eigenvalue weighted by molar-refractivity contribution is -0.121. The van der Waals surface area contributed by atoms with Crippen LogP contribution in [0.2, 0.25) is 0 Å². The van der Waals surface area contributed by atoms with E-state index in [0.29, 0.717) is 25.3 Å². The molecule has 1 aliphatic carbocycles. The first kappa shape index (κ1) is 17.4. The number of hydrogen-bond donors (Lipinski definition) is 1. The van der Waals surface area contributed by atoms with E-state index in [1.54, 1.807) is 16.7 Å². The topological polar surface area (TPSA) is 68.9 Å². The normalized spacial score (nSPS) is 13.8. The third kappa shape index (κ3) is 4.15. The number of halogens is 1. The number of nitrogens with one attached hydrogen (secondary N) is 1. The van der Waals surface area contributed by atoms with Crippen LogP contribution in [0.5, 0.6) is 0 Å². The van der Waals surface area contributed by atoms with Crippen LogP contribution in [-0.4, -0.2) is 26.8 Å². The lowest BCUT2D eigenvalue weighted by Gasteiger charge is -2.03. The maximum atomic E-state index is 13.2. The van der Waals surface area contributed by atoms with E-state index in [1.807, 2.05) is 6.92 Å². The van der Waals surface area contributed by atoms with Gasteiger partial charge in [0.2, 0.25) is 5.91 Å². The smallest absolute Gasteiger partial charge is 0.346 e. The number of rotatable bonds is 8. The van der Waals surface area contributed by atoms with Gasteiger partial charge >= 0.3 is 5.69 Å². The summed E-state index contributed by atoms with van der Waals surface area (Å²) in [7, 11) is 0. The highest BCUT2D eigenvalue weighted by molar-refractivity contribution is 5.75. The summed E-state index contributed by atoms with van der Waals surface area (Å²) in [5.74, 6) is 0.235. The van der Waals surface area contributed by atoms with Crippen molar-refractivity contribution in [1.82, 2.24) is 19.7 Å². The molecule has 1 heterocycles. The van der Waals surface area contributed by atoms with Gasteiger partial charge in [0.25, 0.3) is 0 Å². The van der Waals surface area contributed by atoms with E-state index in [-0.39, 0.29) is 23.5 Å². The predicted octanol–water partition coefficient (Wildman–Crippen LogP) is 2.49. The summed E-state index contributed by atoms with van der Waals surface area (Å²) in [6.07, 6.45) is 4.24. The Morgan fingerprint density at radius 2 is 2.04 bits per heavy atom. The summed E-state index contributed by atoms with van der Waals surface area (Å²) in [4.78, 5) is 24.3. The van der Waals surface area contributed by atoms with Gasteiger partial charge in [-0.1, -0.05) is 13.3 Å². The lowest BCUT2D eigenvalue weighted by atomic mass is 10.2. The van der Waals surface area contributed by atoms with Crippen molar-refractivity contribution >= 4 is 5.91 Å². The SMILES string of the molecule is CCCCC(=O)NCCn1nc(-c2ccc(F)cc2)n(C2CC2)c1=O. The summed E-state index contributed by atoms with van der Waals surface area (Å²) in [6.45, 7) is 2.73. The van der Waals surface area contributed by atoms with Gasteiger partial charge in [-0.15, -0.1) is 5.10 Å². The monoisotopic (exact) mass is 346 g/mol. The van der Waals surface area contributed by atoms with Gasteiger partial charge in [0, 0.05) is 24.6 Å². The van der Waals surface area contributed by atoms with Gasteiger partial charge in [0.05, 0.1) is 6.54 Å². The third-order valence-electron chi connectivity index (χ3n) is 4.29. The van der Waals surface area contributed by atoms with E-state index in [9.17, 15) is 14.0 Å². The second-order valence-corrected chi connectivity index (χ2v) is 6.39. The van der Waals surface area contributed by atoms with E-state index < -0.39 is 0 Å². The van der Waals surface area contributed by atoms with E-state index in [4.69, 9.17) is 0 Å². The minimum Gasteiger partial charge on any atom is -0.354 e. The summed E-state index contributed by atoms with van der Waals surface area (Å²) in [5.41, 5.74) is 0.542. The van der Waals surface area contributed by atoms with E-state index in [2.05, 4.69) is 10.4 Å². The molecule has 0 radical (unpaired) electrons. The van der Waals surface area contributed by atoms with Crippen LogP contribution in [0.4, 0.5) is 4.39 Å². The Kier molecular flexibility index (Phi) is 5.31. The Balaban J connectivity index is 1.75. The molecule has 1 N–H and O–H groups in total. The molecule has 0 saturated heterocycles. The van der Waals surface area contributed by atoms with Crippen LogP contribution in [0.25, 0.3) is 11.4 Å². The van der Waals surface area contributed by atoms with Gasteiger partial charge < -0.3 is 5.32 Å². The van der Waals surface area contributed by atoms with Crippen LogP contribution in [0.3, 0.4) is 0 Å². The highest BCUT2D eigenvalue weighted by atomic mass is 19.1. The highest BCUT2D eigenvalue weighted by Crippen LogP contribution is 2.36. The second kappa shape index (κ2) is 7.63. The molecular formula is C18H23FN4O2. The predicted molar refractivity (Wildman–Crippen MR) is 92.7 cm³/mol. The van der Waals surface area contributed by atoms with E-state index >= 15 is 0 Å². The van der Waals surface area contributed by atoms with Crippen molar-refractivity contribution in [2.45, 2.75) is 51.6 Å². The zero-order chi connectivity index (χ0) is 17.8. The van der Waals surface area contributed by atoms with Crippen molar-refractivity contribution < 1.29 is 9.18 Å². The Labute approximate surface area is 145 Å². The molecule has 0 bridgehead atoms. The molecule has 0 atom stereocenters. The Morgan fingerprint density at radius 3 is 2.68 bits per heavy atom. The van der Waals surface area contributed by atoms with Gasteiger partial charge in [-0.3, -0.25) is 9.36 Å². The first-order valence-corrected chi connectivity index (χ1v) is 8.82. The minimum absolute atomic E-state index is 0.00437. The molecule has 1 saturated carbocycles. The van der Waals surface area contributed by atoms with Gasteiger partial charge in [-0.05, 0) is 43.5 Å². The van der Waals surface area contributed by atoms with Crippen molar-refractivity contribution in [3.05, 3.63) is 40.6 Å². The van der Waals surface area contributed by atoms with E-state index in [1.165, 1.54) is 16.8 Å². The number of amides is 1. The van der Waals surface area contributed by atoms with Gasteiger partial charge in [-0.25, -0.2) is 13.9 Å². The fourth-order valence-corrected chi connectivity index (χ4v) is 2.75. The molecule has 1 amide bonds. The average molecular weight is 346 g/mol. The maximum Gasteiger partial charge on any atom is 0.346 e. The summed E-state index contributed by atoms with van der Waals surface area (Å²) in [6, 6.07) is 6.16. The molecule has 0 aliphatic heterocycles. The van der Waals surface area contributed by atoms with Crippen molar-refractivity contribution in [3.8, 4) is 11.4 Å². The first-order valence-electron chi connectivity index (χ1n) is 8.82. The fourth-order valence-electron chi connectivity index (χ4n) is 2.75. The van der Waals surface area contributed by atoms with Crippen LogP contribution in [0, 0.1) is 5.82 Å². The summed E-state index contributed by atoms with van der Waals surface area (Å²) in [5, 5.41) is 7.24. The third-order valence-corrected chi connectivity index (χ3v) is 4.29. The molecule has 6 nitrogen and oxygen atoms in total. The summed E-state index contributed by atoms with van der Waals surface area (Å²) >= 11 is 0. The number of benzene rings is 1. The molecule has 25 heavy (non-hydrogen) atoms. The standard InChI is InChI=1S/C18H23FN4O2/c1-2-3-4-16(24)20-11-12-22-18(25)23(15-9-10-15)17(21-22)13-5-7-14(19)8-6-13/h5-8,15H,2-4,9-12H2,1H3,(H,20,24). The van der Waals surface area contributed by atoms with Crippen LogP contribution in [0.1, 0.15) is 45.1 Å². The largest absolute Gasteiger partial charge is 0.354 e. The zero-order valence-corrected chi connectivity index (χ0v) is 14.4. The van der Waals surface area contributed by atoms with Crippen LogP contribution in [0.15, 0.2) is 29.1 Å². The van der Waals surface area contributed by atoms with Gasteiger partial charge in [0.15, 0.2) is 5.82 Å². The molecule has 1 aromatic carbocycles. The maximum absolute atomic E-state index is 13.2. The number of nitrogens with zero attached hydrogens (tertiary/aromatic N) is 3. The zero-order valence-electron chi connectivity index (χ0n) is 14.4. The van der Waals surface area contributed by atoms with Crippen LogP contribution >= 0.6 is 0 Å². The van der Waals surface area contributed by atoms with Gasteiger partial charge in [-0.2, -0.15) is 0 Å². The molecule has 1 fully saturated rings. The van der Waals surface area contributed by atoms with Gasteiger partial charge in [0.1, 0.15) is 5.82 Å². The quantitative estimate of drug-likeness (QED) is 0.798. The molecule has 1 aromatic heterocycles. The fraction of sp³-hybridized carbons (Fsp3) is 0.500. The average Bonchev–Trinajstić information content (AvgIpc) is 3.38. The molecule has 3 rings (SSSR count). The van der Waals surface area contributed by atoms with Crippen LogP contribution < -0.4 is 11.0 Å².